The second-order valence-electron chi connectivity index (χ2n) is 5.02. The van der Waals surface area contributed by atoms with Crippen LogP contribution in [0.25, 0.3) is 0 Å². The Bertz CT molecular complexity index is 630. The fourth-order valence-corrected chi connectivity index (χ4v) is 2.16. The molecule has 0 bridgehead atoms. The average Bonchev–Trinajstić information content (AvgIpc) is 2.48. The van der Waals surface area contributed by atoms with Crippen molar-refractivity contribution >= 4 is 28.9 Å². The Morgan fingerprint density at radius 1 is 1.18 bits per heavy atom. The van der Waals surface area contributed by atoms with E-state index in [1.54, 1.807) is 12.1 Å². The number of benzene rings is 2. The van der Waals surface area contributed by atoms with Gasteiger partial charge in [0.2, 0.25) is 5.91 Å². The number of ether oxygens (including phenoxy) is 1. The van der Waals surface area contributed by atoms with E-state index in [0.29, 0.717) is 17.3 Å². The summed E-state index contributed by atoms with van der Waals surface area (Å²) in [5.41, 5.74) is 1.60. The summed E-state index contributed by atoms with van der Waals surface area (Å²) < 4.78 is 5.52. The van der Waals surface area contributed by atoms with Crippen LogP contribution in [0.1, 0.15) is 6.42 Å². The number of rotatable bonds is 6. The van der Waals surface area contributed by atoms with Gasteiger partial charge in [0.1, 0.15) is 5.75 Å². The molecule has 0 unspecified atom stereocenters. The third-order valence-electron chi connectivity index (χ3n) is 3.06. The maximum Gasteiger partial charge on any atom is 0.227 e. The fourth-order valence-electron chi connectivity index (χ4n) is 1.99. The molecular formula is C17H19ClN2O2. The summed E-state index contributed by atoms with van der Waals surface area (Å²) in [6.45, 7) is 0.327. The minimum atomic E-state index is -0.110. The molecule has 0 aliphatic carbocycles. The molecule has 0 saturated heterocycles. The predicted molar refractivity (Wildman–Crippen MR) is 91.0 cm³/mol. The number of carbonyl (C=O) groups excluding carboxylic acids is 1. The van der Waals surface area contributed by atoms with Crippen LogP contribution >= 0.6 is 11.6 Å². The van der Waals surface area contributed by atoms with Gasteiger partial charge in [0.15, 0.2) is 0 Å². The Labute approximate surface area is 135 Å². The van der Waals surface area contributed by atoms with Crippen molar-refractivity contribution in [3.8, 4) is 5.75 Å². The lowest BCUT2D eigenvalue weighted by Gasteiger charge is -2.18. The zero-order chi connectivity index (χ0) is 15.9. The standard InChI is InChI=1S/C17H19ClN2O2/c1-20(2)16-9-8-13(18)12-15(16)19-17(21)10-11-22-14-6-4-3-5-7-14/h3-9,12H,10-11H2,1-2H3,(H,19,21). The molecule has 0 heterocycles. The minimum absolute atomic E-state index is 0.110. The summed E-state index contributed by atoms with van der Waals surface area (Å²) in [7, 11) is 3.83. The summed E-state index contributed by atoms with van der Waals surface area (Å²) in [5, 5.41) is 3.46. The third-order valence-corrected chi connectivity index (χ3v) is 3.29. The van der Waals surface area contributed by atoms with E-state index < -0.39 is 0 Å². The molecule has 0 aliphatic rings. The van der Waals surface area contributed by atoms with Crippen molar-refractivity contribution in [2.75, 3.05) is 30.9 Å². The van der Waals surface area contributed by atoms with Gasteiger partial charge < -0.3 is 15.0 Å². The molecule has 1 amide bonds. The summed E-state index contributed by atoms with van der Waals surface area (Å²) in [5.74, 6) is 0.647. The lowest BCUT2D eigenvalue weighted by atomic mass is 10.2. The molecule has 0 spiro atoms. The van der Waals surface area contributed by atoms with E-state index in [4.69, 9.17) is 16.3 Å². The molecule has 5 heteroatoms. The monoisotopic (exact) mass is 318 g/mol. The van der Waals surface area contributed by atoms with Crippen molar-refractivity contribution in [3.63, 3.8) is 0 Å². The van der Waals surface area contributed by atoms with Crippen LogP contribution in [0.3, 0.4) is 0 Å². The molecule has 0 aliphatic heterocycles. The Hall–Kier alpha value is -2.20. The fraction of sp³-hybridized carbons (Fsp3) is 0.235. The lowest BCUT2D eigenvalue weighted by molar-refractivity contribution is -0.116. The molecule has 2 rings (SSSR count). The number of carbonyl (C=O) groups is 1. The highest BCUT2D eigenvalue weighted by molar-refractivity contribution is 6.31. The molecule has 4 nitrogen and oxygen atoms in total. The molecule has 0 aromatic heterocycles. The first-order valence-electron chi connectivity index (χ1n) is 7.01. The first-order chi connectivity index (χ1) is 10.6. The predicted octanol–water partition coefficient (Wildman–Crippen LogP) is 3.81. The minimum Gasteiger partial charge on any atom is -0.493 e. The number of halogens is 1. The van der Waals surface area contributed by atoms with Crippen LogP contribution in [0.2, 0.25) is 5.02 Å². The Morgan fingerprint density at radius 2 is 1.91 bits per heavy atom. The second-order valence-corrected chi connectivity index (χ2v) is 5.45. The van der Waals surface area contributed by atoms with Gasteiger partial charge in [-0.2, -0.15) is 0 Å². The summed E-state index contributed by atoms with van der Waals surface area (Å²) >= 11 is 5.99. The summed E-state index contributed by atoms with van der Waals surface area (Å²) in [6, 6.07) is 14.8. The van der Waals surface area contributed by atoms with Gasteiger partial charge in [0.05, 0.1) is 24.4 Å². The molecule has 0 radical (unpaired) electrons. The highest BCUT2D eigenvalue weighted by Crippen LogP contribution is 2.27. The van der Waals surface area contributed by atoms with Crippen LogP contribution in [0.4, 0.5) is 11.4 Å². The van der Waals surface area contributed by atoms with Gasteiger partial charge in [-0.25, -0.2) is 0 Å². The maximum atomic E-state index is 12.0. The highest BCUT2D eigenvalue weighted by Gasteiger charge is 2.09. The molecule has 0 saturated carbocycles. The Balaban J connectivity index is 1.90. The number of anilines is 2. The van der Waals surface area contributed by atoms with Crippen molar-refractivity contribution in [2.45, 2.75) is 6.42 Å². The van der Waals surface area contributed by atoms with Gasteiger partial charge in [-0.15, -0.1) is 0 Å². The van der Waals surface area contributed by atoms with Crippen LogP contribution in [0, 0.1) is 0 Å². The molecule has 0 atom stereocenters. The second kappa shape index (κ2) is 7.71. The molecule has 0 fully saturated rings. The van der Waals surface area contributed by atoms with E-state index in [-0.39, 0.29) is 12.3 Å². The lowest BCUT2D eigenvalue weighted by Crippen LogP contribution is -2.18. The van der Waals surface area contributed by atoms with E-state index in [0.717, 1.165) is 11.4 Å². The third kappa shape index (κ3) is 4.67. The smallest absolute Gasteiger partial charge is 0.227 e. The average molecular weight is 319 g/mol. The Morgan fingerprint density at radius 3 is 2.59 bits per heavy atom. The van der Waals surface area contributed by atoms with Gasteiger partial charge >= 0.3 is 0 Å². The van der Waals surface area contributed by atoms with Crippen LogP contribution in [-0.2, 0) is 4.79 Å². The largest absolute Gasteiger partial charge is 0.493 e. The van der Waals surface area contributed by atoms with Crippen LogP contribution in [-0.4, -0.2) is 26.6 Å². The number of para-hydroxylation sites is 1. The van der Waals surface area contributed by atoms with Crippen molar-refractivity contribution < 1.29 is 9.53 Å². The van der Waals surface area contributed by atoms with Gasteiger partial charge in [0, 0.05) is 19.1 Å². The van der Waals surface area contributed by atoms with Crippen LogP contribution < -0.4 is 15.0 Å². The quantitative estimate of drug-likeness (QED) is 0.880. The highest BCUT2D eigenvalue weighted by atomic mass is 35.5. The molecular weight excluding hydrogens is 300 g/mol. The summed E-state index contributed by atoms with van der Waals surface area (Å²) in [6.07, 6.45) is 0.272. The van der Waals surface area contributed by atoms with E-state index in [9.17, 15) is 4.79 Å². The van der Waals surface area contributed by atoms with Gasteiger partial charge in [-0.3, -0.25) is 4.79 Å². The van der Waals surface area contributed by atoms with Crippen molar-refractivity contribution in [1.82, 2.24) is 0 Å². The number of hydrogen-bond donors (Lipinski definition) is 1. The zero-order valence-corrected chi connectivity index (χ0v) is 13.4. The molecule has 116 valence electrons. The van der Waals surface area contributed by atoms with E-state index >= 15 is 0 Å². The van der Waals surface area contributed by atoms with Crippen LogP contribution in [0.15, 0.2) is 48.5 Å². The molecule has 2 aromatic rings. The first-order valence-corrected chi connectivity index (χ1v) is 7.38. The van der Waals surface area contributed by atoms with Crippen molar-refractivity contribution in [1.29, 1.82) is 0 Å². The number of nitrogens with one attached hydrogen (secondary N) is 1. The number of hydrogen-bond acceptors (Lipinski definition) is 3. The van der Waals surface area contributed by atoms with Gasteiger partial charge in [-0.05, 0) is 30.3 Å². The first kappa shape index (κ1) is 16.2. The number of nitrogens with zero attached hydrogens (tertiary/aromatic N) is 1. The van der Waals surface area contributed by atoms with E-state index in [2.05, 4.69) is 5.32 Å². The van der Waals surface area contributed by atoms with Gasteiger partial charge in [-0.1, -0.05) is 29.8 Å². The summed E-state index contributed by atoms with van der Waals surface area (Å²) in [4.78, 5) is 14.0. The zero-order valence-electron chi connectivity index (χ0n) is 12.7. The van der Waals surface area contributed by atoms with Crippen molar-refractivity contribution in [2.24, 2.45) is 0 Å². The van der Waals surface area contributed by atoms with E-state index in [1.165, 1.54) is 0 Å². The number of amides is 1. The van der Waals surface area contributed by atoms with Gasteiger partial charge in [0.25, 0.3) is 0 Å². The maximum absolute atomic E-state index is 12.0. The molecule has 22 heavy (non-hydrogen) atoms. The molecule has 1 N–H and O–H groups in total. The Kier molecular flexibility index (Phi) is 5.67. The SMILES string of the molecule is CN(C)c1ccc(Cl)cc1NC(=O)CCOc1ccccc1. The van der Waals surface area contributed by atoms with Crippen molar-refractivity contribution in [3.05, 3.63) is 53.6 Å². The molecule has 2 aromatic carbocycles. The topological polar surface area (TPSA) is 41.6 Å². The normalized spacial score (nSPS) is 10.1. The van der Waals surface area contributed by atoms with Crippen LogP contribution in [0.5, 0.6) is 5.75 Å². The van der Waals surface area contributed by atoms with E-state index in [1.807, 2.05) is 55.4 Å².